The zero-order chi connectivity index (χ0) is 18.1. The van der Waals surface area contributed by atoms with Gasteiger partial charge in [0.25, 0.3) is 0 Å². The van der Waals surface area contributed by atoms with Gasteiger partial charge >= 0.3 is 0 Å². The molecule has 26 heavy (non-hydrogen) atoms. The lowest BCUT2D eigenvalue weighted by Gasteiger charge is -2.31. The topological polar surface area (TPSA) is 56.1 Å². The molecule has 1 N–H and O–H groups in total. The van der Waals surface area contributed by atoms with Gasteiger partial charge in [-0.05, 0) is 49.3 Å². The van der Waals surface area contributed by atoms with Crippen LogP contribution < -0.4 is 10.1 Å². The number of rotatable bonds is 6. The smallest absolute Gasteiger partial charge is 0.231 e. The first kappa shape index (κ1) is 17.1. The first-order valence-corrected chi connectivity index (χ1v) is 9.57. The van der Waals surface area contributed by atoms with Crippen LogP contribution in [0.15, 0.2) is 36.7 Å². The molecule has 0 unspecified atom stereocenters. The number of carbonyl (C=O) groups excluding carboxylic acids is 1. The molecule has 0 bridgehead atoms. The van der Waals surface area contributed by atoms with Gasteiger partial charge in [-0.15, -0.1) is 0 Å². The number of amides is 1. The van der Waals surface area contributed by atoms with Crippen molar-refractivity contribution >= 4 is 5.91 Å². The maximum absolute atomic E-state index is 13.5. The SMILES string of the molecule is COc1ccc(C2(C(=O)N[C@H](c3nccn3C)C3CC3)CCCC2)cc1. The van der Waals surface area contributed by atoms with Crippen molar-refractivity contribution in [3.8, 4) is 5.75 Å². The second-order valence-electron chi connectivity index (χ2n) is 7.70. The zero-order valence-electron chi connectivity index (χ0n) is 15.6. The molecule has 0 saturated heterocycles. The van der Waals surface area contributed by atoms with Crippen molar-refractivity contribution in [1.29, 1.82) is 0 Å². The van der Waals surface area contributed by atoms with Crippen molar-refractivity contribution in [2.75, 3.05) is 7.11 Å². The zero-order valence-corrected chi connectivity index (χ0v) is 15.6. The second kappa shape index (κ2) is 6.78. The molecule has 2 saturated carbocycles. The fourth-order valence-corrected chi connectivity index (χ4v) is 4.31. The monoisotopic (exact) mass is 353 g/mol. The van der Waals surface area contributed by atoms with Gasteiger partial charge in [-0.2, -0.15) is 0 Å². The van der Waals surface area contributed by atoms with E-state index in [1.165, 1.54) is 0 Å². The number of ether oxygens (including phenoxy) is 1. The van der Waals surface area contributed by atoms with Gasteiger partial charge in [-0.1, -0.05) is 25.0 Å². The molecular formula is C21H27N3O2. The van der Waals surface area contributed by atoms with Crippen molar-refractivity contribution in [1.82, 2.24) is 14.9 Å². The Labute approximate surface area is 154 Å². The summed E-state index contributed by atoms with van der Waals surface area (Å²) in [7, 11) is 3.67. The number of nitrogens with one attached hydrogen (secondary N) is 1. The first-order chi connectivity index (χ1) is 12.6. The van der Waals surface area contributed by atoms with Crippen molar-refractivity contribution in [2.24, 2.45) is 13.0 Å². The number of nitrogens with zero attached hydrogens (tertiary/aromatic N) is 2. The molecule has 0 spiro atoms. The van der Waals surface area contributed by atoms with Crippen molar-refractivity contribution in [3.05, 3.63) is 48.0 Å². The summed E-state index contributed by atoms with van der Waals surface area (Å²) in [6.07, 6.45) is 10.1. The number of carbonyl (C=O) groups is 1. The summed E-state index contributed by atoms with van der Waals surface area (Å²) in [6, 6.07) is 8.03. The van der Waals surface area contributed by atoms with Gasteiger partial charge in [-0.25, -0.2) is 4.98 Å². The Morgan fingerprint density at radius 3 is 2.50 bits per heavy atom. The van der Waals surface area contributed by atoms with Crippen LogP contribution >= 0.6 is 0 Å². The summed E-state index contributed by atoms with van der Waals surface area (Å²) in [5.41, 5.74) is 0.674. The third-order valence-electron chi connectivity index (χ3n) is 6.05. The van der Waals surface area contributed by atoms with E-state index in [1.807, 2.05) is 36.1 Å². The van der Waals surface area contributed by atoms with E-state index in [0.717, 1.165) is 55.7 Å². The number of methoxy groups -OCH3 is 1. The molecule has 1 atom stereocenters. The molecule has 5 nitrogen and oxygen atoms in total. The summed E-state index contributed by atoms with van der Waals surface area (Å²) in [4.78, 5) is 18.0. The van der Waals surface area contributed by atoms with Gasteiger partial charge in [0.1, 0.15) is 11.6 Å². The summed E-state index contributed by atoms with van der Waals surface area (Å²) in [6.45, 7) is 0. The van der Waals surface area contributed by atoms with Crippen LogP contribution in [0.25, 0.3) is 0 Å². The Morgan fingerprint density at radius 1 is 1.27 bits per heavy atom. The van der Waals surface area contributed by atoms with Crippen LogP contribution in [0.5, 0.6) is 5.75 Å². The van der Waals surface area contributed by atoms with E-state index in [-0.39, 0.29) is 11.9 Å². The molecule has 0 radical (unpaired) electrons. The van der Waals surface area contributed by atoms with Crippen LogP contribution in [0.4, 0.5) is 0 Å². The third-order valence-corrected chi connectivity index (χ3v) is 6.05. The van der Waals surface area contributed by atoms with Crippen molar-refractivity contribution < 1.29 is 9.53 Å². The molecule has 2 aliphatic carbocycles. The normalized spacial score (nSPS) is 19.9. The van der Waals surface area contributed by atoms with Crippen LogP contribution in [0.1, 0.15) is 56.0 Å². The molecule has 1 aromatic carbocycles. The lowest BCUT2D eigenvalue weighted by Crippen LogP contribution is -2.45. The number of hydrogen-bond acceptors (Lipinski definition) is 3. The minimum absolute atomic E-state index is 0.0122. The van der Waals surface area contributed by atoms with Crippen molar-refractivity contribution in [3.63, 3.8) is 0 Å². The van der Waals surface area contributed by atoms with Crippen LogP contribution in [0, 0.1) is 5.92 Å². The van der Waals surface area contributed by atoms with Crippen LogP contribution in [-0.2, 0) is 17.3 Å². The molecule has 5 heteroatoms. The summed E-state index contributed by atoms with van der Waals surface area (Å²) in [5, 5.41) is 3.38. The standard InChI is InChI=1S/C21H27N3O2/c1-24-14-13-22-19(24)18(15-5-6-15)23-20(25)21(11-3-4-12-21)16-7-9-17(26-2)10-8-16/h7-10,13-15,18H,3-6,11-12H2,1-2H3,(H,23,25)/t18-/m0/s1. The highest BCUT2D eigenvalue weighted by atomic mass is 16.5. The minimum Gasteiger partial charge on any atom is -0.497 e. The van der Waals surface area contributed by atoms with E-state index < -0.39 is 5.41 Å². The predicted octanol–water partition coefficient (Wildman–Crippen LogP) is 3.51. The molecule has 4 rings (SSSR count). The van der Waals surface area contributed by atoms with E-state index in [4.69, 9.17) is 4.74 Å². The van der Waals surface area contributed by atoms with E-state index in [1.54, 1.807) is 7.11 Å². The molecule has 1 aromatic heterocycles. The first-order valence-electron chi connectivity index (χ1n) is 9.57. The Kier molecular flexibility index (Phi) is 4.47. The highest BCUT2D eigenvalue weighted by Gasteiger charge is 2.45. The van der Waals surface area contributed by atoms with Crippen LogP contribution in [0.2, 0.25) is 0 Å². The molecule has 2 fully saturated rings. The summed E-state index contributed by atoms with van der Waals surface area (Å²) < 4.78 is 7.31. The third kappa shape index (κ3) is 3.00. The Balaban J connectivity index is 1.61. The number of aryl methyl sites for hydroxylation is 1. The number of aromatic nitrogens is 2. The van der Waals surface area contributed by atoms with Crippen LogP contribution in [-0.4, -0.2) is 22.6 Å². The number of hydrogen-bond donors (Lipinski definition) is 1. The lowest BCUT2D eigenvalue weighted by molar-refractivity contribution is -0.127. The average Bonchev–Trinajstić information content (AvgIpc) is 3.22. The van der Waals surface area contributed by atoms with E-state index in [0.29, 0.717) is 5.92 Å². The maximum Gasteiger partial charge on any atom is 0.231 e. The highest BCUT2D eigenvalue weighted by Crippen LogP contribution is 2.45. The summed E-state index contributed by atoms with van der Waals surface area (Å²) >= 11 is 0. The fraction of sp³-hybridized carbons (Fsp3) is 0.524. The lowest BCUT2D eigenvalue weighted by atomic mass is 9.77. The molecule has 1 heterocycles. The van der Waals surface area contributed by atoms with Gasteiger partial charge in [0.2, 0.25) is 5.91 Å². The minimum atomic E-state index is -0.426. The highest BCUT2D eigenvalue weighted by molar-refractivity contribution is 5.89. The van der Waals surface area contributed by atoms with E-state index >= 15 is 0 Å². The molecule has 0 aliphatic heterocycles. The van der Waals surface area contributed by atoms with E-state index in [9.17, 15) is 4.79 Å². The molecular weight excluding hydrogens is 326 g/mol. The molecule has 138 valence electrons. The number of benzene rings is 1. The largest absolute Gasteiger partial charge is 0.497 e. The van der Waals surface area contributed by atoms with Crippen LogP contribution in [0.3, 0.4) is 0 Å². The molecule has 2 aromatic rings. The molecule has 2 aliphatic rings. The Bertz CT molecular complexity index is 771. The second-order valence-corrected chi connectivity index (χ2v) is 7.70. The van der Waals surface area contributed by atoms with Gasteiger partial charge in [0.05, 0.1) is 18.6 Å². The van der Waals surface area contributed by atoms with E-state index in [2.05, 4.69) is 22.4 Å². The fourth-order valence-electron chi connectivity index (χ4n) is 4.31. The van der Waals surface area contributed by atoms with Crippen molar-refractivity contribution in [2.45, 2.75) is 50.0 Å². The quantitative estimate of drug-likeness (QED) is 0.865. The Hall–Kier alpha value is -2.30. The summed E-state index contributed by atoms with van der Waals surface area (Å²) in [5.74, 6) is 2.45. The van der Waals surface area contributed by atoms with Gasteiger partial charge < -0.3 is 14.6 Å². The maximum atomic E-state index is 13.5. The Morgan fingerprint density at radius 2 is 1.96 bits per heavy atom. The number of imidazole rings is 1. The van der Waals surface area contributed by atoms with Gasteiger partial charge in [0.15, 0.2) is 0 Å². The molecule has 1 amide bonds. The van der Waals surface area contributed by atoms with Gasteiger partial charge in [-0.3, -0.25) is 4.79 Å². The average molecular weight is 353 g/mol. The van der Waals surface area contributed by atoms with Gasteiger partial charge in [0, 0.05) is 19.4 Å². The predicted molar refractivity (Wildman–Crippen MR) is 100.0 cm³/mol.